The van der Waals surface area contributed by atoms with Crippen molar-refractivity contribution in [2.45, 2.75) is 44.9 Å². The first-order chi connectivity index (χ1) is 12.6. The minimum Gasteiger partial charge on any atom is -0.497 e. The lowest BCUT2D eigenvalue weighted by atomic mass is 10.0. The highest BCUT2D eigenvalue weighted by Gasteiger charge is 2.40. The number of aliphatic hydroxyl groups is 1. The lowest BCUT2D eigenvalue weighted by Gasteiger charge is -2.27. The molecule has 0 aliphatic carbocycles. The Morgan fingerprint density at radius 3 is 2.63 bits per heavy atom. The Hall–Kier alpha value is -2.54. The summed E-state index contributed by atoms with van der Waals surface area (Å²) in [6, 6.07) is 8.71. The van der Waals surface area contributed by atoms with Gasteiger partial charge in [-0.3, -0.25) is 4.79 Å². The Morgan fingerprint density at radius 1 is 1.26 bits per heavy atom. The number of carbonyl (C=O) groups excluding carboxylic acids is 1. The van der Waals surface area contributed by atoms with Gasteiger partial charge in [0, 0.05) is 18.7 Å². The van der Waals surface area contributed by atoms with Gasteiger partial charge < -0.3 is 24.0 Å². The number of benzene rings is 1. The third-order valence-electron chi connectivity index (χ3n) is 4.64. The van der Waals surface area contributed by atoms with Crippen LogP contribution >= 0.6 is 0 Å². The molecule has 1 unspecified atom stereocenters. The molecule has 1 aromatic heterocycles. The normalized spacial score (nSPS) is 20.1. The molecule has 1 saturated heterocycles. The maximum Gasteiger partial charge on any atom is 0.410 e. The van der Waals surface area contributed by atoms with Crippen molar-refractivity contribution in [1.82, 2.24) is 9.47 Å². The Balaban J connectivity index is 1.86. The molecule has 0 saturated carbocycles. The quantitative estimate of drug-likeness (QED) is 0.892. The second-order valence-electron chi connectivity index (χ2n) is 8.06. The number of carbonyl (C=O) groups is 1. The zero-order valence-electron chi connectivity index (χ0n) is 16.2. The number of likely N-dealkylation sites (tertiary alicyclic amines) is 1. The summed E-state index contributed by atoms with van der Waals surface area (Å²) in [5.74, 6) is 0.635. The minimum absolute atomic E-state index is 0.0929. The van der Waals surface area contributed by atoms with Crippen LogP contribution in [0, 0.1) is 0 Å². The van der Waals surface area contributed by atoms with E-state index in [0.717, 1.165) is 5.39 Å². The summed E-state index contributed by atoms with van der Waals surface area (Å²) in [6.45, 7) is 6.00. The highest BCUT2D eigenvalue weighted by Crippen LogP contribution is 2.27. The summed E-state index contributed by atoms with van der Waals surface area (Å²) in [5, 5.41) is 11.9. The van der Waals surface area contributed by atoms with E-state index in [-0.39, 0.29) is 18.6 Å². The maximum atomic E-state index is 12.5. The van der Waals surface area contributed by atoms with Crippen LogP contribution in [0.15, 0.2) is 35.1 Å². The molecule has 2 heterocycles. The fourth-order valence-electron chi connectivity index (χ4n) is 3.32. The number of β-amino-alcohol motifs (C(OH)–C–C–N with tert-alkyl or cyclic N) is 1. The molecule has 7 nitrogen and oxygen atoms in total. The van der Waals surface area contributed by atoms with Gasteiger partial charge >= 0.3 is 6.09 Å². The fourth-order valence-corrected chi connectivity index (χ4v) is 3.32. The predicted molar refractivity (Wildman–Crippen MR) is 102 cm³/mol. The summed E-state index contributed by atoms with van der Waals surface area (Å²) >= 11 is 0. The minimum atomic E-state index is -1.20. The van der Waals surface area contributed by atoms with Gasteiger partial charge in [-0.25, -0.2) is 4.79 Å². The number of aromatic nitrogens is 1. The van der Waals surface area contributed by atoms with Crippen LogP contribution in [0.3, 0.4) is 0 Å². The molecule has 146 valence electrons. The number of amides is 1. The number of pyridine rings is 1. The van der Waals surface area contributed by atoms with Crippen molar-refractivity contribution in [1.29, 1.82) is 0 Å². The molecule has 3 rings (SSSR count). The highest BCUT2D eigenvalue weighted by atomic mass is 16.6. The van der Waals surface area contributed by atoms with Gasteiger partial charge in [0.1, 0.15) is 17.0 Å². The molecular weight excluding hydrogens is 348 g/mol. The Bertz CT molecular complexity index is 915. The predicted octanol–water partition coefficient (Wildman–Crippen LogP) is 2.38. The second-order valence-corrected chi connectivity index (χ2v) is 8.06. The standard InChI is InChI=1S/C20H26N2O5/c1-19(2,3)27-18(24)21-10-9-20(25,12-21)13-22-16-11-15(26-4)7-5-14(16)6-8-17(22)23/h5-8,11,25H,9-10,12-13H2,1-4H3. The van der Waals surface area contributed by atoms with Gasteiger partial charge in [0.05, 0.1) is 25.7 Å². The molecule has 1 aliphatic rings. The number of rotatable bonds is 3. The molecule has 7 heteroatoms. The smallest absolute Gasteiger partial charge is 0.410 e. The number of nitrogens with zero attached hydrogens (tertiary/aromatic N) is 2. The van der Waals surface area contributed by atoms with Crippen molar-refractivity contribution >= 4 is 17.0 Å². The zero-order chi connectivity index (χ0) is 19.8. The number of ether oxygens (including phenoxy) is 2. The van der Waals surface area contributed by atoms with Crippen molar-refractivity contribution in [2.24, 2.45) is 0 Å². The molecule has 0 spiro atoms. The van der Waals surface area contributed by atoms with E-state index < -0.39 is 17.3 Å². The van der Waals surface area contributed by atoms with Crippen LogP contribution in [0.2, 0.25) is 0 Å². The van der Waals surface area contributed by atoms with Crippen molar-refractivity contribution in [2.75, 3.05) is 20.2 Å². The van der Waals surface area contributed by atoms with Gasteiger partial charge in [-0.05, 0) is 50.8 Å². The van der Waals surface area contributed by atoms with E-state index in [0.29, 0.717) is 24.2 Å². The SMILES string of the molecule is COc1ccc2ccc(=O)n(CC3(O)CCN(C(=O)OC(C)(C)C)C3)c2c1. The van der Waals surface area contributed by atoms with Gasteiger partial charge in [0.2, 0.25) is 0 Å². The lowest BCUT2D eigenvalue weighted by Crippen LogP contribution is -2.43. The molecule has 1 aromatic carbocycles. The van der Waals surface area contributed by atoms with Gasteiger partial charge in [-0.2, -0.15) is 0 Å². The molecule has 1 atom stereocenters. The molecule has 1 fully saturated rings. The topological polar surface area (TPSA) is 81.0 Å². The maximum absolute atomic E-state index is 12.5. The molecule has 1 aliphatic heterocycles. The van der Waals surface area contributed by atoms with E-state index in [2.05, 4.69) is 0 Å². The zero-order valence-corrected chi connectivity index (χ0v) is 16.2. The largest absolute Gasteiger partial charge is 0.497 e. The van der Waals surface area contributed by atoms with E-state index >= 15 is 0 Å². The highest BCUT2D eigenvalue weighted by molar-refractivity contribution is 5.80. The van der Waals surface area contributed by atoms with Crippen LogP contribution in [0.1, 0.15) is 27.2 Å². The van der Waals surface area contributed by atoms with Crippen LogP contribution in [0.25, 0.3) is 10.9 Å². The van der Waals surface area contributed by atoms with E-state index in [9.17, 15) is 14.7 Å². The molecule has 2 aromatic rings. The van der Waals surface area contributed by atoms with Crippen molar-refractivity contribution in [3.63, 3.8) is 0 Å². The summed E-state index contributed by atoms with van der Waals surface area (Å²) in [7, 11) is 1.57. The van der Waals surface area contributed by atoms with Crippen molar-refractivity contribution in [3.05, 3.63) is 40.7 Å². The number of hydrogen-bond donors (Lipinski definition) is 1. The average molecular weight is 374 g/mol. The van der Waals surface area contributed by atoms with Crippen molar-refractivity contribution in [3.8, 4) is 5.75 Å². The summed E-state index contributed by atoms with van der Waals surface area (Å²) in [5.41, 5.74) is -1.31. The van der Waals surface area contributed by atoms with E-state index in [1.54, 1.807) is 40.0 Å². The summed E-state index contributed by atoms with van der Waals surface area (Å²) in [6.07, 6.45) is -0.0793. The molecule has 27 heavy (non-hydrogen) atoms. The first kappa shape index (κ1) is 19.2. The van der Waals surface area contributed by atoms with E-state index in [1.165, 1.54) is 15.5 Å². The third kappa shape index (κ3) is 4.24. The van der Waals surface area contributed by atoms with Gasteiger partial charge in [0.25, 0.3) is 5.56 Å². The molecule has 1 amide bonds. The number of methoxy groups -OCH3 is 1. The van der Waals surface area contributed by atoms with Crippen LogP contribution in [-0.2, 0) is 11.3 Å². The Morgan fingerprint density at radius 2 is 1.96 bits per heavy atom. The van der Waals surface area contributed by atoms with Crippen LogP contribution < -0.4 is 10.3 Å². The Kier molecular flexibility index (Phi) is 4.90. The Labute approximate surface area is 158 Å². The number of hydrogen-bond acceptors (Lipinski definition) is 5. The molecule has 1 N–H and O–H groups in total. The van der Waals surface area contributed by atoms with Gasteiger partial charge in [0.15, 0.2) is 0 Å². The second kappa shape index (κ2) is 6.88. The van der Waals surface area contributed by atoms with Crippen LogP contribution in [-0.4, -0.2) is 52.1 Å². The monoisotopic (exact) mass is 374 g/mol. The first-order valence-corrected chi connectivity index (χ1v) is 8.98. The summed E-state index contributed by atoms with van der Waals surface area (Å²) < 4.78 is 12.2. The van der Waals surface area contributed by atoms with E-state index in [4.69, 9.17) is 9.47 Å². The van der Waals surface area contributed by atoms with Crippen LogP contribution in [0.5, 0.6) is 5.75 Å². The average Bonchev–Trinajstić information content (AvgIpc) is 2.98. The molecule has 0 radical (unpaired) electrons. The molecular formula is C20H26N2O5. The summed E-state index contributed by atoms with van der Waals surface area (Å²) in [4.78, 5) is 26.2. The third-order valence-corrected chi connectivity index (χ3v) is 4.64. The van der Waals surface area contributed by atoms with E-state index in [1.807, 2.05) is 12.1 Å². The molecule has 0 bridgehead atoms. The van der Waals surface area contributed by atoms with Gasteiger partial charge in [-0.1, -0.05) is 0 Å². The fraction of sp³-hybridized carbons (Fsp3) is 0.500. The van der Waals surface area contributed by atoms with Gasteiger partial charge in [-0.15, -0.1) is 0 Å². The first-order valence-electron chi connectivity index (χ1n) is 8.98. The van der Waals surface area contributed by atoms with Crippen LogP contribution in [0.4, 0.5) is 4.79 Å². The lowest BCUT2D eigenvalue weighted by molar-refractivity contribution is 0.00952. The van der Waals surface area contributed by atoms with Crippen molar-refractivity contribution < 1.29 is 19.4 Å². The number of fused-ring (bicyclic) bond motifs is 1.